The number of hydroxylamine groups is 4. The largest absolute Gasteiger partial charge is 0.396 e. The van der Waals surface area contributed by atoms with Gasteiger partial charge in [0.15, 0.2) is 0 Å². The number of aliphatic hydroxyl groups excluding tert-OH is 2. The molecule has 2 aliphatic heterocycles. The molecule has 0 bridgehead atoms. The average molecular weight is 376 g/mol. The van der Waals surface area contributed by atoms with E-state index in [-0.39, 0.29) is 37.0 Å². The van der Waals surface area contributed by atoms with Gasteiger partial charge in [0, 0.05) is 13.2 Å². The quantitative estimate of drug-likeness (QED) is 0.460. The molecule has 2 fully saturated rings. The van der Waals surface area contributed by atoms with Gasteiger partial charge in [0.25, 0.3) is 0 Å². The minimum atomic E-state index is -0.132. The lowest BCUT2D eigenvalue weighted by molar-refractivity contribution is -0.170. The predicted octanol–water partition coefficient (Wildman–Crippen LogP) is 1.36. The van der Waals surface area contributed by atoms with Crippen LogP contribution in [-0.2, 0) is 19.3 Å². The number of nitrogens with zero attached hydrogens (tertiary/aromatic N) is 2. The Morgan fingerprint density at radius 1 is 0.731 bits per heavy atom. The van der Waals surface area contributed by atoms with E-state index < -0.39 is 0 Å². The molecule has 2 N–H and O–H groups in total. The first-order valence-electron chi connectivity index (χ1n) is 9.47. The fourth-order valence-corrected chi connectivity index (χ4v) is 1.31. The Hall–Kier alpha value is -1.22. The van der Waals surface area contributed by atoms with Crippen LogP contribution in [0.2, 0.25) is 0 Å². The van der Waals surface area contributed by atoms with Gasteiger partial charge < -0.3 is 19.9 Å². The molecule has 0 amide bonds. The zero-order valence-electron chi connectivity index (χ0n) is 16.6. The van der Waals surface area contributed by atoms with E-state index in [2.05, 4.69) is 0 Å². The van der Waals surface area contributed by atoms with Gasteiger partial charge in [-0.3, -0.25) is 9.59 Å². The topological polar surface area (TPSA) is 99.1 Å². The number of unbranched alkanes of at least 4 members (excludes halogenated alkanes) is 3. The van der Waals surface area contributed by atoms with Crippen LogP contribution in [0.3, 0.4) is 0 Å². The van der Waals surface area contributed by atoms with E-state index in [4.69, 9.17) is 19.9 Å². The third-order valence-electron chi connectivity index (χ3n) is 3.26. The van der Waals surface area contributed by atoms with Crippen molar-refractivity contribution in [2.45, 2.75) is 53.4 Å². The van der Waals surface area contributed by atoms with Crippen LogP contribution >= 0.6 is 0 Å². The molecular weight excluding hydrogens is 340 g/mol. The van der Waals surface area contributed by atoms with E-state index in [9.17, 15) is 9.59 Å². The Morgan fingerprint density at radius 2 is 1.04 bits per heavy atom. The Kier molecular flexibility index (Phi) is 14.2. The zero-order chi connectivity index (χ0) is 19.9. The van der Waals surface area contributed by atoms with Crippen molar-refractivity contribution >= 4 is 11.9 Å². The summed E-state index contributed by atoms with van der Waals surface area (Å²) in [6, 6.07) is 0. The molecule has 2 rings (SSSR count). The van der Waals surface area contributed by atoms with Crippen molar-refractivity contribution in [2.75, 3.05) is 39.4 Å². The maximum Gasteiger partial charge on any atom is 0.327 e. The van der Waals surface area contributed by atoms with Gasteiger partial charge >= 0.3 is 11.9 Å². The first kappa shape index (κ1) is 24.8. The van der Waals surface area contributed by atoms with Crippen molar-refractivity contribution in [1.82, 2.24) is 10.1 Å². The first-order chi connectivity index (χ1) is 12.3. The van der Waals surface area contributed by atoms with E-state index in [1.165, 1.54) is 0 Å². The fourth-order valence-electron chi connectivity index (χ4n) is 1.31. The maximum absolute atomic E-state index is 10.7. The third kappa shape index (κ3) is 16.3. The molecule has 2 saturated heterocycles. The zero-order valence-corrected chi connectivity index (χ0v) is 16.6. The van der Waals surface area contributed by atoms with Crippen molar-refractivity contribution in [1.29, 1.82) is 0 Å². The maximum atomic E-state index is 10.7. The van der Waals surface area contributed by atoms with Crippen LogP contribution in [-0.4, -0.2) is 71.7 Å². The Balaban J connectivity index is 0.000000362. The summed E-state index contributed by atoms with van der Waals surface area (Å²) in [6.07, 6.45) is 3.83. The van der Waals surface area contributed by atoms with E-state index in [0.717, 1.165) is 51.9 Å². The minimum Gasteiger partial charge on any atom is -0.396 e. The highest BCUT2D eigenvalue weighted by atomic mass is 16.7. The van der Waals surface area contributed by atoms with Crippen LogP contribution < -0.4 is 0 Å². The predicted molar refractivity (Wildman–Crippen MR) is 97.6 cm³/mol. The molecule has 0 aromatic rings. The molecule has 0 aromatic carbocycles. The minimum absolute atomic E-state index is 0.00870. The number of rotatable bonds is 9. The molecule has 2 aliphatic rings. The smallest absolute Gasteiger partial charge is 0.327 e. The highest BCUT2D eigenvalue weighted by Gasteiger charge is 2.24. The molecule has 0 unspecified atom stereocenters. The van der Waals surface area contributed by atoms with Crippen LogP contribution in [0, 0.1) is 11.8 Å². The van der Waals surface area contributed by atoms with Gasteiger partial charge in [-0.1, -0.05) is 40.5 Å². The number of carbonyl (C=O) groups is 2. The Morgan fingerprint density at radius 3 is 1.23 bits per heavy atom. The van der Waals surface area contributed by atoms with Gasteiger partial charge in [0.05, 0.1) is 38.0 Å². The van der Waals surface area contributed by atoms with Crippen molar-refractivity contribution in [2.24, 2.45) is 11.8 Å². The number of hydrogen-bond donors (Lipinski definition) is 2. The standard InChI is InChI=1S/2C6H11NO2.C6H14O2/c2*1-5(2)6(8)9-7-3-4-7;7-5-3-1-2-4-6-8/h2*5H,3-4H2,1-2H3;7-8H,1-6H2. The Labute approximate surface area is 157 Å². The van der Waals surface area contributed by atoms with Gasteiger partial charge in [-0.05, 0) is 12.8 Å². The summed E-state index contributed by atoms with van der Waals surface area (Å²) >= 11 is 0. The lowest BCUT2D eigenvalue weighted by Crippen LogP contribution is -2.14. The van der Waals surface area contributed by atoms with Crippen LogP contribution in [0.5, 0.6) is 0 Å². The molecule has 0 spiro atoms. The Bertz CT molecular complexity index is 346. The average Bonchev–Trinajstić information content (AvgIpc) is 3.49. The fraction of sp³-hybridized carbons (Fsp3) is 0.889. The number of carbonyl (C=O) groups excluding carboxylic acids is 2. The highest BCUT2D eigenvalue weighted by molar-refractivity contribution is 5.71. The molecule has 154 valence electrons. The van der Waals surface area contributed by atoms with Crippen molar-refractivity contribution in [3.05, 3.63) is 0 Å². The number of hydrogen-bond acceptors (Lipinski definition) is 8. The summed E-state index contributed by atoms with van der Waals surface area (Å²) in [5, 5.41) is 19.9. The van der Waals surface area contributed by atoms with Crippen LogP contribution in [0.1, 0.15) is 53.4 Å². The van der Waals surface area contributed by atoms with E-state index in [0.29, 0.717) is 0 Å². The molecular formula is C18H36N2O6. The molecule has 0 saturated carbocycles. The van der Waals surface area contributed by atoms with Crippen molar-refractivity contribution < 1.29 is 29.5 Å². The summed E-state index contributed by atoms with van der Waals surface area (Å²) in [7, 11) is 0. The summed E-state index contributed by atoms with van der Waals surface area (Å²) in [5.74, 6) is -0.281. The molecule has 0 aliphatic carbocycles. The lowest BCUT2D eigenvalue weighted by atomic mass is 10.2. The summed E-state index contributed by atoms with van der Waals surface area (Å²) in [5.41, 5.74) is 0. The summed E-state index contributed by atoms with van der Waals surface area (Å²) in [4.78, 5) is 31.1. The molecule has 26 heavy (non-hydrogen) atoms. The molecule has 8 nitrogen and oxygen atoms in total. The lowest BCUT2D eigenvalue weighted by Gasteiger charge is -2.03. The second-order valence-electron chi connectivity index (χ2n) is 6.85. The van der Waals surface area contributed by atoms with Gasteiger partial charge in [-0.25, -0.2) is 0 Å². The van der Waals surface area contributed by atoms with Crippen molar-refractivity contribution in [3.8, 4) is 0 Å². The molecule has 0 radical (unpaired) electrons. The van der Waals surface area contributed by atoms with Crippen LogP contribution in [0.15, 0.2) is 0 Å². The van der Waals surface area contributed by atoms with Gasteiger partial charge in [0.2, 0.25) is 0 Å². The summed E-state index contributed by atoms with van der Waals surface area (Å²) < 4.78 is 0. The van der Waals surface area contributed by atoms with E-state index in [1.54, 1.807) is 10.1 Å². The summed E-state index contributed by atoms with van der Waals surface area (Å²) in [6.45, 7) is 11.5. The molecule has 2 heterocycles. The van der Waals surface area contributed by atoms with Crippen molar-refractivity contribution in [3.63, 3.8) is 0 Å². The second-order valence-corrected chi connectivity index (χ2v) is 6.85. The third-order valence-corrected chi connectivity index (χ3v) is 3.26. The molecule has 0 aromatic heterocycles. The van der Waals surface area contributed by atoms with Crippen LogP contribution in [0.4, 0.5) is 0 Å². The van der Waals surface area contributed by atoms with E-state index in [1.807, 2.05) is 27.7 Å². The van der Waals surface area contributed by atoms with Crippen LogP contribution in [0.25, 0.3) is 0 Å². The van der Waals surface area contributed by atoms with Gasteiger partial charge in [-0.2, -0.15) is 0 Å². The van der Waals surface area contributed by atoms with Gasteiger partial charge in [0.1, 0.15) is 0 Å². The highest BCUT2D eigenvalue weighted by Crippen LogP contribution is 2.08. The monoisotopic (exact) mass is 376 g/mol. The van der Waals surface area contributed by atoms with Gasteiger partial charge in [-0.15, -0.1) is 10.1 Å². The molecule has 0 atom stereocenters. The normalized spacial score (nSPS) is 15.5. The molecule has 8 heteroatoms. The first-order valence-corrected chi connectivity index (χ1v) is 9.47. The SMILES string of the molecule is CC(C)C(=O)ON1CC1.CC(C)C(=O)ON1CC1.OCCCCCCO. The van der Waals surface area contributed by atoms with E-state index >= 15 is 0 Å². The second kappa shape index (κ2) is 14.9. The number of aliphatic hydroxyl groups is 2.